The minimum absolute atomic E-state index is 0.361. The number of hydrogen-bond donors (Lipinski definition) is 0. The lowest BCUT2D eigenvalue weighted by atomic mass is 10.1. The Morgan fingerprint density at radius 1 is 0.920 bits per heavy atom. The van der Waals surface area contributed by atoms with Crippen molar-refractivity contribution in [3.05, 3.63) is 34.3 Å². The second kappa shape index (κ2) is 7.99. The van der Waals surface area contributed by atoms with Gasteiger partial charge < -0.3 is 9.47 Å². The van der Waals surface area contributed by atoms with Gasteiger partial charge in [0.1, 0.15) is 11.2 Å². The van der Waals surface area contributed by atoms with Gasteiger partial charge in [0.25, 0.3) is 0 Å². The molecule has 25 heavy (non-hydrogen) atoms. The molecule has 0 spiro atoms. The monoisotopic (exact) mass is 413 g/mol. The van der Waals surface area contributed by atoms with Crippen molar-refractivity contribution in [2.45, 2.75) is 52.7 Å². The Balaban J connectivity index is 3.05. The fourth-order valence-corrected chi connectivity index (χ4v) is 2.26. The lowest BCUT2D eigenvalue weighted by molar-refractivity contribution is 0.00187. The van der Waals surface area contributed by atoms with Crippen LogP contribution < -0.4 is 0 Å². The van der Waals surface area contributed by atoms with E-state index < -0.39 is 35.7 Å². The zero-order chi connectivity index (χ0) is 19.4. The summed E-state index contributed by atoms with van der Waals surface area (Å²) in [5.41, 5.74) is -1.26. The van der Waals surface area contributed by atoms with Crippen molar-refractivity contribution in [1.82, 2.24) is 4.90 Å². The van der Waals surface area contributed by atoms with E-state index in [0.717, 1.165) is 0 Å². The van der Waals surface area contributed by atoms with Gasteiger partial charge in [-0.25, -0.2) is 14.5 Å². The highest BCUT2D eigenvalue weighted by atomic mass is 79.9. The largest absolute Gasteiger partial charge is 0.443 e. The number of halogens is 1. The van der Waals surface area contributed by atoms with Crippen LogP contribution in [0.2, 0.25) is 0 Å². The molecule has 0 aliphatic rings. The predicted octanol–water partition coefficient (Wildman–Crippen LogP) is 4.80. The molecule has 1 aromatic rings. The standard InChI is InChI=1S/C18H24BrNO5/c1-17(2,3)24-15(22)20(16(23)25-18(4,5)6)11-14(21)12-9-7-8-10-13(12)19/h7-10H,11H2,1-6H3. The second-order valence-corrected chi connectivity index (χ2v) is 8.30. The Labute approximate surface area is 156 Å². The molecule has 1 rings (SSSR count). The van der Waals surface area contributed by atoms with Crippen LogP contribution in [0.4, 0.5) is 9.59 Å². The first-order valence-corrected chi connectivity index (χ1v) is 8.61. The van der Waals surface area contributed by atoms with Gasteiger partial charge in [0, 0.05) is 10.0 Å². The number of ether oxygens (including phenoxy) is 2. The van der Waals surface area contributed by atoms with Crippen LogP contribution in [-0.4, -0.2) is 40.6 Å². The Kier molecular flexibility index (Phi) is 6.76. The molecule has 0 N–H and O–H groups in total. The highest BCUT2D eigenvalue weighted by Crippen LogP contribution is 2.19. The maximum absolute atomic E-state index is 12.5. The molecule has 6 nitrogen and oxygen atoms in total. The molecule has 0 aromatic heterocycles. The molecule has 0 unspecified atom stereocenters. The van der Waals surface area contributed by atoms with Gasteiger partial charge in [-0.2, -0.15) is 0 Å². The zero-order valence-electron chi connectivity index (χ0n) is 15.4. The summed E-state index contributed by atoms with van der Waals surface area (Å²) in [7, 11) is 0. The lowest BCUT2D eigenvalue weighted by Crippen LogP contribution is -2.45. The summed E-state index contributed by atoms with van der Waals surface area (Å²) in [5.74, 6) is -0.413. The quantitative estimate of drug-likeness (QED) is 0.664. The molecule has 0 saturated carbocycles. The number of amides is 2. The highest BCUT2D eigenvalue weighted by Gasteiger charge is 2.33. The SMILES string of the molecule is CC(C)(C)OC(=O)N(CC(=O)c1ccccc1Br)C(=O)OC(C)(C)C. The summed E-state index contributed by atoms with van der Waals surface area (Å²) < 4.78 is 11.0. The van der Waals surface area contributed by atoms with E-state index in [9.17, 15) is 14.4 Å². The smallest absolute Gasteiger partial charge is 0.420 e. The van der Waals surface area contributed by atoms with Crippen LogP contribution in [0.5, 0.6) is 0 Å². The first-order chi connectivity index (χ1) is 11.3. The van der Waals surface area contributed by atoms with E-state index in [1.54, 1.807) is 65.8 Å². The molecule has 0 saturated heterocycles. The van der Waals surface area contributed by atoms with Crippen LogP contribution >= 0.6 is 15.9 Å². The molecule has 0 fully saturated rings. The van der Waals surface area contributed by atoms with E-state index in [1.165, 1.54) is 0 Å². The summed E-state index contributed by atoms with van der Waals surface area (Å²) in [5, 5.41) is 0. The molecule has 2 amide bonds. The van der Waals surface area contributed by atoms with E-state index in [1.807, 2.05) is 0 Å². The van der Waals surface area contributed by atoms with E-state index in [0.29, 0.717) is 14.9 Å². The molecule has 0 radical (unpaired) electrons. The minimum atomic E-state index is -0.929. The molecule has 0 atom stereocenters. The van der Waals surface area contributed by atoms with Gasteiger partial charge in [0.2, 0.25) is 0 Å². The van der Waals surface area contributed by atoms with Crippen LogP contribution in [0.15, 0.2) is 28.7 Å². The third kappa shape index (κ3) is 7.25. The summed E-state index contributed by atoms with van der Waals surface area (Å²) in [4.78, 5) is 38.0. The van der Waals surface area contributed by atoms with Crippen LogP contribution in [0.3, 0.4) is 0 Å². The van der Waals surface area contributed by atoms with Crippen molar-refractivity contribution in [2.75, 3.05) is 6.54 Å². The molecular formula is C18H24BrNO5. The van der Waals surface area contributed by atoms with Gasteiger partial charge in [-0.05, 0) is 47.6 Å². The van der Waals surface area contributed by atoms with E-state index in [4.69, 9.17) is 9.47 Å². The van der Waals surface area contributed by atoms with E-state index >= 15 is 0 Å². The van der Waals surface area contributed by atoms with Gasteiger partial charge in [0.15, 0.2) is 5.78 Å². The maximum Gasteiger partial charge on any atom is 0.420 e. The maximum atomic E-state index is 12.5. The van der Waals surface area contributed by atoms with Crippen molar-refractivity contribution >= 4 is 33.9 Å². The van der Waals surface area contributed by atoms with Crippen molar-refractivity contribution < 1.29 is 23.9 Å². The van der Waals surface area contributed by atoms with E-state index in [2.05, 4.69) is 15.9 Å². The third-order valence-corrected chi connectivity index (χ3v) is 3.40. The van der Waals surface area contributed by atoms with Crippen molar-refractivity contribution in [3.63, 3.8) is 0 Å². The molecule has 0 bridgehead atoms. The van der Waals surface area contributed by atoms with Crippen LogP contribution in [0.1, 0.15) is 51.9 Å². The Morgan fingerprint density at radius 3 is 1.76 bits per heavy atom. The van der Waals surface area contributed by atoms with Gasteiger partial charge in [0.05, 0.1) is 6.54 Å². The number of carbonyl (C=O) groups excluding carboxylic acids is 3. The number of benzene rings is 1. The summed E-state index contributed by atoms with van der Waals surface area (Å²) >= 11 is 3.29. The fourth-order valence-electron chi connectivity index (χ4n) is 1.75. The van der Waals surface area contributed by atoms with Crippen molar-refractivity contribution in [1.29, 1.82) is 0 Å². The van der Waals surface area contributed by atoms with Crippen LogP contribution in [0.25, 0.3) is 0 Å². The summed E-state index contributed by atoms with van der Waals surface area (Å²) in [6, 6.07) is 6.77. The van der Waals surface area contributed by atoms with Crippen molar-refractivity contribution in [2.24, 2.45) is 0 Å². The zero-order valence-corrected chi connectivity index (χ0v) is 17.0. The molecule has 1 aromatic carbocycles. The summed E-state index contributed by atoms with van der Waals surface area (Å²) in [6.45, 7) is 9.57. The Morgan fingerprint density at radius 2 is 1.36 bits per heavy atom. The molecule has 138 valence electrons. The number of hydrogen-bond acceptors (Lipinski definition) is 5. The van der Waals surface area contributed by atoms with E-state index in [-0.39, 0.29) is 0 Å². The number of nitrogens with zero attached hydrogens (tertiary/aromatic N) is 1. The minimum Gasteiger partial charge on any atom is -0.443 e. The van der Waals surface area contributed by atoms with Gasteiger partial charge in [-0.3, -0.25) is 4.79 Å². The van der Waals surface area contributed by atoms with Gasteiger partial charge >= 0.3 is 12.2 Å². The number of imide groups is 1. The first-order valence-electron chi connectivity index (χ1n) is 7.81. The van der Waals surface area contributed by atoms with Crippen molar-refractivity contribution in [3.8, 4) is 0 Å². The molecule has 0 heterocycles. The Hall–Kier alpha value is -1.89. The molecule has 7 heteroatoms. The first kappa shape index (κ1) is 21.2. The molecular weight excluding hydrogens is 390 g/mol. The van der Waals surface area contributed by atoms with Crippen LogP contribution in [-0.2, 0) is 9.47 Å². The normalized spacial score (nSPS) is 11.6. The Bertz CT molecular complexity index is 630. The third-order valence-electron chi connectivity index (χ3n) is 2.70. The molecule has 0 aliphatic heterocycles. The lowest BCUT2D eigenvalue weighted by Gasteiger charge is -2.28. The van der Waals surface area contributed by atoms with Gasteiger partial charge in [-0.15, -0.1) is 0 Å². The van der Waals surface area contributed by atoms with Crippen LogP contribution in [0, 0.1) is 0 Å². The number of ketones is 1. The fraction of sp³-hybridized carbons (Fsp3) is 0.500. The highest BCUT2D eigenvalue weighted by molar-refractivity contribution is 9.10. The number of Topliss-reactive ketones (excluding diaryl/α,β-unsaturated/α-hetero) is 1. The second-order valence-electron chi connectivity index (χ2n) is 7.45. The molecule has 0 aliphatic carbocycles. The average Bonchev–Trinajstić information content (AvgIpc) is 2.40. The topological polar surface area (TPSA) is 72.9 Å². The summed E-state index contributed by atoms with van der Waals surface area (Å²) in [6.07, 6.45) is -1.86. The number of rotatable bonds is 3. The predicted molar refractivity (Wildman–Crippen MR) is 97.6 cm³/mol. The number of carbonyl (C=O) groups is 3. The van der Waals surface area contributed by atoms with Gasteiger partial charge in [-0.1, -0.05) is 34.1 Å². The average molecular weight is 414 g/mol.